The number of benzene rings is 2. The number of carbonyl (C=O) groups excluding carboxylic acids is 1. The Hall–Kier alpha value is -2.75. The first-order valence-corrected chi connectivity index (χ1v) is 8.66. The molecule has 0 N–H and O–H groups in total. The van der Waals surface area contributed by atoms with Gasteiger partial charge in [-0.3, -0.25) is 4.79 Å². The topological polar surface area (TPSA) is 32.8 Å². The van der Waals surface area contributed by atoms with E-state index in [1.807, 2.05) is 61.7 Å². The van der Waals surface area contributed by atoms with Crippen molar-refractivity contribution in [2.24, 2.45) is 0 Å². The summed E-state index contributed by atoms with van der Waals surface area (Å²) in [7, 11) is 1.82. The lowest BCUT2D eigenvalue weighted by molar-refractivity contribution is -0.125. The molecule has 2 aromatic rings. The average Bonchev–Trinajstić information content (AvgIpc) is 2.66. The van der Waals surface area contributed by atoms with Gasteiger partial charge in [-0.05, 0) is 30.7 Å². The molecule has 4 nitrogen and oxygen atoms in total. The van der Waals surface area contributed by atoms with Crippen LogP contribution in [-0.2, 0) is 4.79 Å². The Morgan fingerprint density at radius 3 is 2.68 bits per heavy atom. The van der Waals surface area contributed by atoms with Crippen LogP contribution in [0.5, 0.6) is 5.75 Å². The van der Waals surface area contributed by atoms with Gasteiger partial charge in [0.05, 0.1) is 18.8 Å². The van der Waals surface area contributed by atoms with Crippen LogP contribution in [0.4, 0.5) is 5.69 Å². The van der Waals surface area contributed by atoms with Gasteiger partial charge in [-0.2, -0.15) is 0 Å². The van der Waals surface area contributed by atoms with Crippen molar-refractivity contribution >= 4 is 17.7 Å². The van der Waals surface area contributed by atoms with Crippen molar-refractivity contribution in [2.45, 2.75) is 13.0 Å². The summed E-state index contributed by atoms with van der Waals surface area (Å²) >= 11 is 0. The molecule has 0 spiro atoms. The highest BCUT2D eigenvalue weighted by Gasteiger charge is 2.26. The fourth-order valence-corrected chi connectivity index (χ4v) is 3.03. The molecule has 130 valence electrons. The van der Waals surface area contributed by atoms with Crippen LogP contribution >= 0.6 is 0 Å². The number of ether oxygens (including phenoxy) is 1. The third kappa shape index (κ3) is 4.21. The molecule has 1 heterocycles. The lowest BCUT2D eigenvalue weighted by atomic mass is 10.1. The number of anilines is 1. The van der Waals surface area contributed by atoms with Crippen molar-refractivity contribution < 1.29 is 9.53 Å². The third-order valence-electron chi connectivity index (χ3n) is 4.38. The number of fused-ring (bicyclic) bond motifs is 1. The predicted octanol–water partition coefficient (Wildman–Crippen LogP) is 3.45. The van der Waals surface area contributed by atoms with Crippen LogP contribution in [0.2, 0.25) is 0 Å². The number of carbonyl (C=O) groups is 1. The van der Waals surface area contributed by atoms with E-state index in [-0.39, 0.29) is 12.0 Å². The molecule has 0 aliphatic carbocycles. The summed E-state index contributed by atoms with van der Waals surface area (Å²) in [5, 5.41) is 0. The smallest absolute Gasteiger partial charge is 0.246 e. The Bertz CT molecular complexity index is 743. The van der Waals surface area contributed by atoms with Gasteiger partial charge in [0, 0.05) is 19.7 Å². The minimum atomic E-state index is -0.0334. The van der Waals surface area contributed by atoms with Gasteiger partial charge in [-0.15, -0.1) is 0 Å². The van der Waals surface area contributed by atoms with E-state index in [1.165, 1.54) is 0 Å². The standard InChI is InChI=1S/C21H24N2O2/c1-3-23-16-18(25-20-12-8-7-11-19(20)23)15-22(2)21(24)14-13-17-9-5-4-6-10-17/h4-14,18H,3,15-16H2,1-2H3/b14-13+/t18-/m0/s1. The van der Waals surface area contributed by atoms with E-state index in [2.05, 4.69) is 17.9 Å². The van der Waals surface area contributed by atoms with Crippen molar-refractivity contribution in [2.75, 3.05) is 31.6 Å². The number of hydrogen-bond donors (Lipinski definition) is 0. The maximum atomic E-state index is 12.4. The van der Waals surface area contributed by atoms with E-state index >= 15 is 0 Å². The number of nitrogens with zero attached hydrogens (tertiary/aromatic N) is 2. The van der Waals surface area contributed by atoms with Crippen LogP contribution in [-0.4, -0.2) is 43.6 Å². The summed E-state index contributed by atoms with van der Waals surface area (Å²) in [4.78, 5) is 16.4. The van der Waals surface area contributed by atoms with Gasteiger partial charge < -0.3 is 14.5 Å². The van der Waals surface area contributed by atoms with Crippen molar-refractivity contribution in [3.63, 3.8) is 0 Å². The minimum Gasteiger partial charge on any atom is -0.485 e. The van der Waals surface area contributed by atoms with Gasteiger partial charge >= 0.3 is 0 Å². The Morgan fingerprint density at radius 2 is 1.92 bits per heavy atom. The first-order chi connectivity index (χ1) is 12.2. The summed E-state index contributed by atoms with van der Waals surface area (Å²) in [5.41, 5.74) is 2.14. The molecule has 1 aliphatic heterocycles. The molecule has 0 bridgehead atoms. The molecular formula is C21H24N2O2. The van der Waals surface area contributed by atoms with E-state index in [0.29, 0.717) is 6.54 Å². The van der Waals surface area contributed by atoms with Gasteiger partial charge in [-0.25, -0.2) is 0 Å². The molecule has 0 saturated heterocycles. The largest absolute Gasteiger partial charge is 0.485 e. The van der Waals surface area contributed by atoms with E-state index < -0.39 is 0 Å². The van der Waals surface area contributed by atoms with E-state index in [9.17, 15) is 4.79 Å². The molecule has 3 rings (SSSR count). The predicted molar refractivity (Wildman–Crippen MR) is 102 cm³/mol. The highest BCUT2D eigenvalue weighted by molar-refractivity contribution is 5.91. The fraction of sp³-hybridized carbons (Fsp3) is 0.286. The number of amides is 1. The third-order valence-corrected chi connectivity index (χ3v) is 4.38. The molecule has 1 atom stereocenters. The molecule has 0 fully saturated rings. The van der Waals surface area contributed by atoms with Crippen LogP contribution in [0.15, 0.2) is 60.7 Å². The van der Waals surface area contributed by atoms with Crippen LogP contribution in [0.3, 0.4) is 0 Å². The normalized spacial score (nSPS) is 16.4. The zero-order valence-corrected chi connectivity index (χ0v) is 14.8. The average molecular weight is 336 g/mol. The highest BCUT2D eigenvalue weighted by atomic mass is 16.5. The molecule has 0 unspecified atom stereocenters. The summed E-state index contributed by atoms with van der Waals surface area (Å²) in [6.45, 7) is 4.40. The lowest BCUT2D eigenvalue weighted by Crippen LogP contribution is -2.46. The summed E-state index contributed by atoms with van der Waals surface area (Å²) in [5.74, 6) is 0.871. The monoisotopic (exact) mass is 336 g/mol. The highest BCUT2D eigenvalue weighted by Crippen LogP contribution is 2.32. The molecule has 4 heteroatoms. The van der Waals surface area contributed by atoms with Gasteiger partial charge in [0.2, 0.25) is 5.91 Å². The Labute approximate surface area is 149 Å². The molecule has 1 amide bonds. The molecule has 0 saturated carbocycles. The molecule has 1 aliphatic rings. The Balaban J connectivity index is 1.62. The number of rotatable bonds is 5. The van der Waals surface area contributed by atoms with Gasteiger partial charge in [0.1, 0.15) is 11.9 Å². The molecule has 2 aromatic carbocycles. The SMILES string of the molecule is CCN1C[C@H](CN(C)C(=O)/C=C/c2ccccc2)Oc2ccccc21. The first-order valence-electron chi connectivity index (χ1n) is 8.66. The zero-order valence-electron chi connectivity index (χ0n) is 14.8. The zero-order chi connectivity index (χ0) is 17.6. The van der Waals surface area contributed by atoms with Crippen molar-refractivity contribution in [1.29, 1.82) is 0 Å². The maximum Gasteiger partial charge on any atom is 0.246 e. The molecular weight excluding hydrogens is 312 g/mol. The number of para-hydroxylation sites is 2. The molecule has 25 heavy (non-hydrogen) atoms. The molecule has 0 radical (unpaired) electrons. The van der Waals surface area contributed by atoms with Crippen molar-refractivity contribution in [1.82, 2.24) is 4.90 Å². The van der Waals surface area contributed by atoms with Gasteiger partial charge in [-0.1, -0.05) is 42.5 Å². The second-order valence-corrected chi connectivity index (χ2v) is 6.21. The Kier molecular flexibility index (Phi) is 5.39. The lowest BCUT2D eigenvalue weighted by Gasteiger charge is -2.37. The van der Waals surface area contributed by atoms with E-state index in [4.69, 9.17) is 4.74 Å². The number of hydrogen-bond acceptors (Lipinski definition) is 3. The fourth-order valence-electron chi connectivity index (χ4n) is 3.03. The summed E-state index contributed by atoms with van der Waals surface area (Å²) < 4.78 is 6.09. The van der Waals surface area contributed by atoms with E-state index in [1.54, 1.807) is 11.0 Å². The minimum absolute atomic E-state index is 0.0191. The van der Waals surface area contributed by atoms with Crippen molar-refractivity contribution in [3.05, 3.63) is 66.2 Å². The van der Waals surface area contributed by atoms with Crippen molar-refractivity contribution in [3.8, 4) is 5.75 Å². The van der Waals surface area contributed by atoms with Crippen LogP contribution in [0.1, 0.15) is 12.5 Å². The Morgan fingerprint density at radius 1 is 1.20 bits per heavy atom. The summed E-state index contributed by atoms with van der Waals surface area (Å²) in [6.07, 6.45) is 3.42. The van der Waals surface area contributed by atoms with E-state index in [0.717, 1.165) is 30.1 Å². The molecule has 0 aromatic heterocycles. The van der Waals surface area contributed by atoms with Crippen LogP contribution in [0.25, 0.3) is 6.08 Å². The summed E-state index contributed by atoms with van der Waals surface area (Å²) in [6, 6.07) is 17.9. The second kappa shape index (κ2) is 7.88. The van der Waals surface area contributed by atoms with Gasteiger partial charge in [0.15, 0.2) is 0 Å². The van der Waals surface area contributed by atoms with Gasteiger partial charge in [0.25, 0.3) is 0 Å². The quantitative estimate of drug-likeness (QED) is 0.784. The first kappa shape index (κ1) is 17.1. The van der Waals surface area contributed by atoms with Crippen LogP contribution in [0, 0.1) is 0 Å². The second-order valence-electron chi connectivity index (χ2n) is 6.21. The maximum absolute atomic E-state index is 12.4. The number of likely N-dealkylation sites (N-methyl/N-ethyl adjacent to an activating group) is 2. The van der Waals surface area contributed by atoms with Crippen LogP contribution < -0.4 is 9.64 Å².